The first-order valence-corrected chi connectivity index (χ1v) is 13.2. The van der Waals surface area contributed by atoms with Crippen molar-refractivity contribution in [3.63, 3.8) is 0 Å². The highest BCUT2D eigenvalue weighted by atomic mass is 16.5. The molecule has 0 unspecified atom stereocenters. The lowest BCUT2D eigenvalue weighted by Gasteiger charge is -2.28. The van der Waals surface area contributed by atoms with Gasteiger partial charge in [-0.3, -0.25) is 9.59 Å². The van der Waals surface area contributed by atoms with E-state index in [0.717, 1.165) is 55.6 Å². The minimum atomic E-state index is -0.490. The summed E-state index contributed by atoms with van der Waals surface area (Å²) in [6.45, 7) is 4.39. The van der Waals surface area contributed by atoms with Crippen molar-refractivity contribution in [2.24, 2.45) is 0 Å². The first-order chi connectivity index (χ1) is 17.6. The second-order valence-electron chi connectivity index (χ2n) is 9.96. The predicted molar refractivity (Wildman–Crippen MR) is 137 cm³/mol. The molecule has 2 aromatic rings. The van der Waals surface area contributed by atoms with Gasteiger partial charge in [0.1, 0.15) is 23.5 Å². The Bertz CT molecular complexity index is 1070. The monoisotopic (exact) mass is 492 g/mol. The molecule has 0 spiro atoms. The van der Waals surface area contributed by atoms with Crippen molar-refractivity contribution in [1.29, 1.82) is 0 Å². The van der Waals surface area contributed by atoms with Crippen LogP contribution in [0.25, 0.3) is 0 Å². The first kappa shape index (κ1) is 24.6. The van der Waals surface area contributed by atoms with Crippen molar-refractivity contribution in [3.8, 4) is 11.5 Å². The Hall–Kier alpha value is -3.10. The molecule has 4 N–H and O–H groups in total. The summed E-state index contributed by atoms with van der Waals surface area (Å²) in [6, 6.07) is 12.8. The molecule has 5 rings (SSSR count). The molecule has 0 fully saturated rings. The first-order valence-electron chi connectivity index (χ1n) is 13.2. The maximum absolute atomic E-state index is 14.2. The number of benzene rings is 2. The second-order valence-corrected chi connectivity index (χ2v) is 9.96. The number of nitrogens with zero attached hydrogens (tertiary/aromatic N) is 1. The summed E-state index contributed by atoms with van der Waals surface area (Å²) in [5.41, 5.74) is 2.72. The van der Waals surface area contributed by atoms with E-state index in [1.165, 1.54) is 0 Å². The summed E-state index contributed by atoms with van der Waals surface area (Å²) in [4.78, 5) is 28.9. The molecule has 0 aromatic heterocycles. The van der Waals surface area contributed by atoms with Crippen LogP contribution in [0.3, 0.4) is 0 Å². The van der Waals surface area contributed by atoms with Gasteiger partial charge < -0.3 is 30.7 Å². The summed E-state index contributed by atoms with van der Waals surface area (Å²) < 4.78 is 6.40. The van der Waals surface area contributed by atoms with Gasteiger partial charge in [-0.15, -0.1) is 0 Å². The molecule has 3 aliphatic rings. The molecule has 3 aliphatic heterocycles. The Kier molecular flexibility index (Phi) is 7.72. The Labute approximate surface area is 212 Å². The molecule has 3 heterocycles. The summed E-state index contributed by atoms with van der Waals surface area (Å²) in [5.74, 6) is 0.461. The van der Waals surface area contributed by atoms with E-state index in [9.17, 15) is 14.7 Å². The number of hydrogen-bond acceptors (Lipinski definition) is 6. The highest BCUT2D eigenvalue weighted by Crippen LogP contribution is 2.48. The number of fused-ring (bicyclic) bond motifs is 1. The number of hydrogen-bond donors (Lipinski definition) is 4. The lowest BCUT2D eigenvalue weighted by molar-refractivity contribution is -0.134. The van der Waals surface area contributed by atoms with Crippen LogP contribution < -0.4 is 20.7 Å². The van der Waals surface area contributed by atoms with E-state index < -0.39 is 12.0 Å². The average Bonchev–Trinajstić information content (AvgIpc) is 3.26. The number of rotatable bonds is 1. The fourth-order valence-corrected chi connectivity index (χ4v) is 5.45. The highest BCUT2D eigenvalue weighted by molar-refractivity contribution is 5.87. The Morgan fingerprint density at radius 1 is 0.861 bits per heavy atom. The summed E-state index contributed by atoms with van der Waals surface area (Å²) in [7, 11) is 0. The summed E-state index contributed by atoms with van der Waals surface area (Å²) >= 11 is 0. The fraction of sp³-hybridized carbons (Fsp3) is 0.500. The van der Waals surface area contributed by atoms with Gasteiger partial charge in [-0.2, -0.15) is 0 Å². The van der Waals surface area contributed by atoms with Gasteiger partial charge in [-0.1, -0.05) is 18.2 Å². The molecule has 36 heavy (non-hydrogen) atoms. The number of carbonyl (C=O) groups excluding carboxylic acids is 2. The van der Waals surface area contributed by atoms with Crippen LogP contribution >= 0.6 is 0 Å². The van der Waals surface area contributed by atoms with Crippen molar-refractivity contribution < 1.29 is 19.4 Å². The largest absolute Gasteiger partial charge is 0.508 e. The van der Waals surface area contributed by atoms with Crippen LogP contribution in [0.4, 0.5) is 0 Å². The van der Waals surface area contributed by atoms with Crippen LogP contribution in [0.5, 0.6) is 11.5 Å². The maximum atomic E-state index is 14.2. The van der Waals surface area contributed by atoms with Crippen molar-refractivity contribution in [2.75, 3.05) is 39.3 Å². The molecule has 0 aliphatic carbocycles. The average molecular weight is 493 g/mol. The zero-order valence-electron chi connectivity index (χ0n) is 20.7. The minimum Gasteiger partial charge on any atom is -0.508 e. The molecule has 192 valence electrons. The fourth-order valence-electron chi connectivity index (χ4n) is 5.45. The number of nitrogens with one attached hydrogen (secondary N) is 3. The highest BCUT2D eigenvalue weighted by Gasteiger charge is 2.43. The summed E-state index contributed by atoms with van der Waals surface area (Å²) in [5, 5.41) is 20.0. The van der Waals surface area contributed by atoms with Gasteiger partial charge in [0.2, 0.25) is 11.8 Å². The van der Waals surface area contributed by atoms with Crippen LogP contribution in [0.2, 0.25) is 0 Å². The topological polar surface area (TPSA) is 103 Å². The van der Waals surface area contributed by atoms with Crippen molar-refractivity contribution >= 4 is 11.8 Å². The molecule has 2 aromatic carbocycles. The molecular weight excluding hydrogens is 456 g/mol. The van der Waals surface area contributed by atoms with Gasteiger partial charge in [-0.05, 0) is 80.7 Å². The quantitative estimate of drug-likeness (QED) is 0.488. The van der Waals surface area contributed by atoms with Gasteiger partial charge >= 0.3 is 0 Å². The van der Waals surface area contributed by atoms with Crippen LogP contribution in [0, 0.1) is 0 Å². The number of carbonyl (C=O) groups is 2. The SMILES string of the molecule is O=C1C[C@@H]2NCCCCNCCCN(CCCN1)C(=O)[C@@H]1c3cc2ccc3O[C@H]1c1ccc(O)cc1. The normalized spacial score (nSPS) is 25.8. The van der Waals surface area contributed by atoms with Crippen molar-refractivity contribution in [2.45, 2.75) is 50.2 Å². The molecule has 2 amide bonds. The summed E-state index contributed by atoms with van der Waals surface area (Å²) in [6.07, 6.45) is 3.52. The second kappa shape index (κ2) is 11.3. The Morgan fingerprint density at radius 3 is 2.42 bits per heavy atom. The molecule has 0 radical (unpaired) electrons. The van der Waals surface area contributed by atoms with Gasteiger partial charge in [0.15, 0.2) is 0 Å². The predicted octanol–water partition coefficient (Wildman–Crippen LogP) is 2.75. The lowest BCUT2D eigenvalue weighted by Crippen LogP contribution is -2.40. The van der Waals surface area contributed by atoms with Crippen LogP contribution in [0.1, 0.15) is 66.9 Å². The third kappa shape index (κ3) is 5.50. The van der Waals surface area contributed by atoms with E-state index in [4.69, 9.17) is 4.74 Å². The minimum absolute atomic E-state index is 0.0193. The lowest BCUT2D eigenvalue weighted by atomic mass is 9.87. The molecule has 8 nitrogen and oxygen atoms in total. The molecule has 0 saturated carbocycles. The van der Waals surface area contributed by atoms with E-state index in [2.05, 4.69) is 22.0 Å². The number of amides is 2. The van der Waals surface area contributed by atoms with E-state index in [-0.39, 0.29) is 23.6 Å². The van der Waals surface area contributed by atoms with Crippen LogP contribution in [-0.4, -0.2) is 61.1 Å². The number of phenolic OH excluding ortho intramolecular Hbond substituents is 1. The van der Waals surface area contributed by atoms with E-state index in [0.29, 0.717) is 38.2 Å². The van der Waals surface area contributed by atoms with Gasteiger partial charge in [0, 0.05) is 37.7 Å². The van der Waals surface area contributed by atoms with Crippen LogP contribution in [-0.2, 0) is 9.59 Å². The van der Waals surface area contributed by atoms with E-state index in [1.54, 1.807) is 12.1 Å². The third-order valence-corrected chi connectivity index (χ3v) is 7.40. The van der Waals surface area contributed by atoms with Gasteiger partial charge in [-0.25, -0.2) is 0 Å². The van der Waals surface area contributed by atoms with Crippen molar-refractivity contribution in [1.82, 2.24) is 20.9 Å². The zero-order valence-corrected chi connectivity index (χ0v) is 20.7. The Balaban J connectivity index is 1.58. The smallest absolute Gasteiger partial charge is 0.234 e. The molecule has 4 bridgehead atoms. The standard InChI is InChI=1S/C28H36N4O4/c33-21-8-5-19(6-9-21)27-26-22-17-20(7-10-24(22)36-27)23-18-25(34)31-14-4-16-32(28(26)35)15-3-12-29-11-1-2-13-30-23/h5-10,17,23,26-27,29-30,33H,1-4,11-16,18H2,(H,31,34)/t23-,26+,27-/m0/s1. The molecule has 3 atom stereocenters. The van der Waals surface area contributed by atoms with Gasteiger partial charge in [0.05, 0.1) is 0 Å². The maximum Gasteiger partial charge on any atom is 0.234 e. The zero-order chi connectivity index (χ0) is 24.9. The number of aromatic hydroxyl groups is 1. The third-order valence-electron chi connectivity index (χ3n) is 7.40. The van der Waals surface area contributed by atoms with Crippen molar-refractivity contribution in [3.05, 3.63) is 59.2 Å². The molecule has 0 saturated heterocycles. The molecule has 8 heteroatoms. The Morgan fingerprint density at radius 2 is 1.58 bits per heavy atom. The molecular formula is C28H36N4O4. The van der Waals surface area contributed by atoms with Crippen LogP contribution in [0.15, 0.2) is 42.5 Å². The number of phenols is 1. The number of ether oxygens (including phenoxy) is 1. The van der Waals surface area contributed by atoms with E-state index >= 15 is 0 Å². The van der Waals surface area contributed by atoms with Gasteiger partial charge in [0.25, 0.3) is 0 Å². The van der Waals surface area contributed by atoms with E-state index in [1.807, 2.05) is 29.2 Å².